The number of nitrogens with zero attached hydrogens (tertiary/aromatic N) is 4. The lowest BCUT2D eigenvalue weighted by atomic mass is 10.0. The van der Waals surface area contributed by atoms with Crippen molar-refractivity contribution < 1.29 is 17.5 Å². The number of morpholine rings is 1. The van der Waals surface area contributed by atoms with Gasteiger partial charge < -0.3 is 4.74 Å². The van der Waals surface area contributed by atoms with Gasteiger partial charge in [0.05, 0.1) is 30.2 Å². The molecular formula is C27H32ClFN4O3S2. The van der Waals surface area contributed by atoms with Crippen LogP contribution >= 0.6 is 23.4 Å². The second-order valence-corrected chi connectivity index (χ2v) is 13.1. The van der Waals surface area contributed by atoms with E-state index in [9.17, 15) is 12.8 Å². The maximum Gasteiger partial charge on any atom is 0.211 e. The number of fused-ring (bicyclic) bond motifs is 1. The smallest absolute Gasteiger partial charge is 0.211 e. The quantitative estimate of drug-likeness (QED) is 0.344. The van der Waals surface area contributed by atoms with Crippen LogP contribution in [-0.2, 0) is 40.0 Å². The molecule has 0 unspecified atom stereocenters. The number of aryl methyl sites for hydroxylation is 1. The highest BCUT2D eigenvalue weighted by atomic mass is 35.5. The van der Waals surface area contributed by atoms with E-state index < -0.39 is 10.0 Å². The molecule has 3 heterocycles. The van der Waals surface area contributed by atoms with Crippen LogP contribution in [0.15, 0.2) is 47.4 Å². The van der Waals surface area contributed by atoms with Crippen LogP contribution in [0.1, 0.15) is 23.2 Å². The number of aromatic nitrogens is 2. The van der Waals surface area contributed by atoms with Crippen LogP contribution in [-0.4, -0.2) is 73.1 Å². The van der Waals surface area contributed by atoms with Crippen molar-refractivity contribution >= 4 is 33.4 Å². The van der Waals surface area contributed by atoms with Gasteiger partial charge in [-0.3, -0.25) is 9.58 Å². The third kappa shape index (κ3) is 6.60. The molecule has 0 bridgehead atoms. The van der Waals surface area contributed by atoms with E-state index in [1.54, 1.807) is 23.9 Å². The van der Waals surface area contributed by atoms with Crippen LogP contribution in [0.4, 0.5) is 4.39 Å². The molecule has 11 heteroatoms. The van der Waals surface area contributed by atoms with Crippen molar-refractivity contribution in [3.63, 3.8) is 0 Å². The SMILES string of the molecule is CS(=O)(=O)N1CCc2c(c(-c3ccc(Cl)c(SCc4ccc(F)cc4)c3)nn2CCCN2CCOCC2)C1. The molecule has 5 rings (SSSR count). The number of hydrogen-bond donors (Lipinski definition) is 0. The van der Waals surface area contributed by atoms with Crippen LogP contribution in [0, 0.1) is 5.82 Å². The lowest BCUT2D eigenvalue weighted by molar-refractivity contribution is 0.0368. The summed E-state index contributed by atoms with van der Waals surface area (Å²) in [5.74, 6) is 0.395. The summed E-state index contributed by atoms with van der Waals surface area (Å²) in [5.41, 5.74) is 4.79. The predicted octanol–water partition coefficient (Wildman–Crippen LogP) is 4.67. The third-order valence-corrected chi connectivity index (χ3v) is 9.85. The van der Waals surface area contributed by atoms with Gasteiger partial charge >= 0.3 is 0 Å². The summed E-state index contributed by atoms with van der Waals surface area (Å²) in [6.45, 7) is 5.99. The van der Waals surface area contributed by atoms with Gasteiger partial charge in [0.15, 0.2) is 0 Å². The fraction of sp³-hybridized carbons (Fsp3) is 0.444. The highest BCUT2D eigenvalue weighted by molar-refractivity contribution is 7.98. The molecule has 0 radical (unpaired) electrons. The van der Waals surface area contributed by atoms with E-state index in [0.29, 0.717) is 30.3 Å². The largest absolute Gasteiger partial charge is 0.379 e. The Kier molecular flexibility index (Phi) is 8.76. The molecule has 204 valence electrons. The average molecular weight is 579 g/mol. The molecule has 1 aromatic heterocycles. The number of sulfonamides is 1. The number of halogens is 2. The first-order chi connectivity index (χ1) is 18.3. The van der Waals surface area contributed by atoms with Gasteiger partial charge in [-0.2, -0.15) is 9.40 Å². The predicted molar refractivity (Wildman–Crippen MR) is 149 cm³/mol. The molecule has 7 nitrogen and oxygen atoms in total. The molecule has 0 atom stereocenters. The number of hydrogen-bond acceptors (Lipinski definition) is 6. The molecular weight excluding hydrogens is 547 g/mol. The molecule has 0 spiro atoms. The van der Waals surface area contributed by atoms with Crippen LogP contribution in [0.2, 0.25) is 5.02 Å². The van der Waals surface area contributed by atoms with Crippen LogP contribution in [0.5, 0.6) is 0 Å². The Balaban J connectivity index is 1.40. The van der Waals surface area contributed by atoms with E-state index in [1.165, 1.54) is 22.7 Å². The topological polar surface area (TPSA) is 67.7 Å². The molecule has 0 aliphatic carbocycles. The van der Waals surface area contributed by atoms with Gasteiger partial charge in [-0.05, 0) is 36.2 Å². The van der Waals surface area contributed by atoms with Crippen molar-refractivity contribution in [1.29, 1.82) is 0 Å². The van der Waals surface area contributed by atoms with Crippen molar-refractivity contribution in [3.8, 4) is 11.3 Å². The number of rotatable bonds is 9. The van der Waals surface area contributed by atoms with Crippen molar-refractivity contribution in [1.82, 2.24) is 19.0 Å². The van der Waals surface area contributed by atoms with Gasteiger partial charge in [-0.15, -0.1) is 11.8 Å². The fourth-order valence-electron chi connectivity index (χ4n) is 4.94. The van der Waals surface area contributed by atoms with Crippen LogP contribution < -0.4 is 0 Å². The molecule has 2 aliphatic heterocycles. The van der Waals surface area contributed by atoms with E-state index in [2.05, 4.69) is 9.58 Å². The average Bonchev–Trinajstić information content (AvgIpc) is 3.27. The van der Waals surface area contributed by atoms with E-state index in [1.807, 2.05) is 18.2 Å². The van der Waals surface area contributed by atoms with E-state index >= 15 is 0 Å². The molecule has 3 aromatic rings. The van der Waals surface area contributed by atoms with Crippen LogP contribution in [0.3, 0.4) is 0 Å². The zero-order chi connectivity index (χ0) is 26.7. The van der Waals surface area contributed by atoms with E-state index in [4.69, 9.17) is 21.4 Å². The van der Waals surface area contributed by atoms with Gasteiger partial charge in [0, 0.05) is 73.2 Å². The van der Waals surface area contributed by atoms with Gasteiger partial charge in [0.25, 0.3) is 0 Å². The van der Waals surface area contributed by atoms with Gasteiger partial charge in [-0.25, -0.2) is 12.8 Å². The number of ether oxygens (including phenoxy) is 1. The maximum absolute atomic E-state index is 13.3. The summed E-state index contributed by atoms with van der Waals surface area (Å²) >= 11 is 8.12. The highest BCUT2D eigenvalue weighted by Crippen LogP contribution is 2.37. The van der Waals surface area contributed by atoms with Crippen molar-refractivity contribution in [2.24, 2.45) is 0 Å². The Morgan fingerprint density at radius 1 is 1.08 bits per heavy atom. The second kappa shape index (κ2) is 12.1. The molecule has 2 aliphatic rings. The van der Waals surface area contributed by atoms with Gasteiger partial charge in [0.2, 0.25) is 10.0 Å². The Bertz CT molecular complexity index is 1380. The van der Waals surface area contributed by atoms with E-state index in [0.717, 1.165) is 78.8 Å². The summed E-state index contributed by atoms with van der Waals surface area (Å²) in [6.07, 6.45) is 2.85. The minimum atomic E-state index is -3.32. The third-order valence-electron chi connectivity index (χ3n) is 7.03. The van der Waals surface area contributed by atoms with Crippen LogP contribution in [0.25, 0.3) is 11.3 Å². The number of benzene rings is 2. The summed E-state index contributed by atoms with van der Waals surface area (Å²) in [4.78, 5) is 3.31. The Hall–Kier alpha value is -1.95. The summed E-state index contributed by atoms with van der Waals surface area (Å²) in [5, 5.41) is 5.65. The Morgan fingerprint density at radius 3 is 2.58 bits per heavy atom. The molecule has 0 amide bonds. The lowest BCUT2D eigenvalue weighted by Crippen LogP contribution is -2.37. The van der Waals surface area contributed by atoms with Crippen molar-refractivity contribution in [2.75, 3.05) is 45.6 Å². The zero-order valence-electron chi connectivity index (χ0n) is 21.4. The maximum atomic E-state index is 13.3. The van der Waals surface area contributed by atoms with Gasteiger partial charge in [0.1, 0.15) is 5.82 Å². The molecule has 1 fully saturated rings. The molecule has 2 aromatic carbocycles. The monoisotopic (exact) mass is 578 g/mol. The van der Waals surface area contributed by atoms with Crippen molar-refractivity contribution in [2.45, 2.75) is 36.6 Å². The minimum absolute atomic E-state index is 0.257. The Morgan fingerprint density at radius 2 is 1.84 bits per heavy atom. The van der Waals surface area contributed by atoms with E-state index in [-0.39, 0.29) is 5.82 Å². The first-order valence-corrected chi connectivity index (χ1v) is 16.0. The normalized spacial score (nSPS) is 17.0. The summed E-state index contributed by atoms with van der Waals surface area (Å²) in [7, 11) is -3.32. The summed E-state index contributed by atoms with van der Waals surface area (Å²) in [6, 6.07) is 12.3. The highest BCUT2D eigenvalue weighted by Gasteiger charge is 2.30. The Labute approximate surface area is 233 Å². The summed E-state index contributed by atoms with van der Waals surface area (Å²) < 4.78 is 47.1. The molecule has 0 N–H and O–H groups in total. The fourth-order valence-corrected chi connectivity index (χ4v) is 6.94. The molecule has 1 saturated heterocycles. The van der Waals surface area contributed by atoms with Crippen molar-refractivity contribution in [3.05, 3.63) is 70.1 Å². The zero-order valence-corrected chi connectivity index (χ0v) is 23.8. The first kappa shape index (κ1) is 27.6. The van der Waals surface area contributed by atoms with Gasteiger partial charge in [-0.1, -0.05) is 29.8 Å². The lowest BCUT2D eigenvalue weighted by Gasteiger charge is -2.27. The second-order valence-electron chi connectivity index (χ2n) is 9.71. The molecule has 38 heavy (non-hydrogen) atoms. The minimum Gasteiger partial charge on any atom is -0.379 e. The molecule has 0 saturated carbocycles. The first-order valence-electron chi connectivity index (χ1n) is 12.8. The standard InChI is InChI=1S/C27H32ClFN4O3S2/c1-38(34,35)32-12-9-25-23(18-32)27(30-33(25)11-2-10-31-13-15-36-16-14-31)21-5-8-24(28)26(17-21)37-19-20-3-6-22(29)7-4-20/h3-8,17H,2,9-16,18-19H2,1H3. The number of thioether (sulfide) groups is 1.